The highest BCUT2D eigenvalue weighted by molar-refractivity contribution is 7.95. The highest BCUT2D eigenvalue weighted by Crippen LogP contribution is 2.23. The Labute approximate surface area is 169 Å². The molecule has 140 valence electrons. The predicted molar refractivity (Wildman–Crippen MR) is 109 cm³/mol. The number of hydrogen-bond donors (Lipinski definition) is 0. The summed E-state index contributed by atoms with van der Waals surface area (Å²) in [5.74, 6) is 0.653. The molecule has 0 saturated carbocycles. The summed E-state index contributed by atoms with van der Waals surface area (Å²) in [5.41, 5.74) is 1.63. The summed E-state index contributed by atoms with van der Waals surface area (Å²) in [6.45, 7) is 0.435. The van der Waals surface area contributed by atoms with E-state index in [2.05, 4.69) is 0 Å². The average molecular weight is 410 g/mol. The first-order chi connectivity index (χ1) is 13.5. The summed E-state index contributed by atoms with van der Waals surface area (Å²) in [6.07, 6.45) is 1.34. The van der Waals surface area contributed by atoms with Crippen LogP contribution in [0.2, 0.25) is 5.02 Å². The minimum atomic E-state index is -3.91. The van der Waals surface area contributed by atoms with Crippen LogP contribution in [0.25, 0.3) is 6.08 Å². The Bertz CT molecular complexity index is 1120. The molecule has 0 spiro atoms. The molecule has 3 aromatic carbocycles. The fourth-order valence-electron chi connectivity index (χ4n) is 2.46. The fourth-order valence-corrected chi connectivity index (χ4v) is 3.75. The average Bonchev–Trinajstić information content (AvgIpc) is 2.72. The smallest absolute Gasteiger partial charge is 0.216 e. The van der Waals surface area contributed by atoms with Crippen LogP contribution in [0, 0.1) is 11.3 Å². The Morgan fingerprint density at radius 1 is 0.964 bits per heavy atom. The third kappa shape index (κ3) is 4.80. The summed E-state index contributed by atoms with van der Waals surface area (Å²) < 4.78 is 31.0. The summed E-state index contributed by atoms with van der Waals surface area (Å²) in [6, 6.07) is 24.1. The van der Waals surface area contributed by atoms with Gasteiger partial charge in [-0.1, -0.05) is 54.1 Å². The third-order valence-electron chi connectivity index (χ3n) is 3.95. The number of benzene rings is 3. The van der Waals surface area contributed by atoms with Crippen LogP contribution in [0.5, 0.6) is 5.75 Å². The van der Waals surface area contributed by atoms with Crippen molar-refractivity contribution in [3.05, 3.63) is 99.9 Å². The largest absolute Gasteiger partial charge is 0.489 e. The summed E-state index contributed by atoms with van der Waals surface area (Å²) in [7, 11) is -3.91. The van der Waals surface area contributed by atoms with Crippen molar-refractivity contribution in [3.63, 3.8) is 0 Å². The highest BCUT2D eigenvalue weighted by atomic mass is 35.5. The number of sulfone groups is 1. The Balaban J connectivity index is 1.77. The molecule has 3 aromatic rings. The Morgan fingerprint density at radius 2 is 1.61 bits per heavy atom. The zero-order valence-electron chi connectivity index (χ0n) is 14.7. The van der Waals surface area contributed by atoms with Gasteiger partial charge in [0.1, 0.15) is 23.3 Å². The molecule has 0 N–H and O–H groups in total. The molecule has 6 heteroatoms. The molecule has 0 atom stereocenters. The maximum absolute atomic E-state index is 12.6. The zero-order chi connectivity index (χ0) is 20.0. The zero-order valence-corrected chi connectivity index (χ0v) is 16.3. The first kappa shape index (κ1) is 19.7. The molecule has 0 bridgehead atoms. The molecule has 0 aliphatic carbocycles. The van der Waals surface area contributed by atoms with E-state index >= 15 is 0 Å². The second kappa shape index (κ2) is 8.75. The fraction of sp³-hybridized carbons (Fsp3) is 0.0455. The monoisotopic (exact) mass is 409 g/mol. The molecular weight excluding hydrogens is 394 g/mol. The molecule has 0 saturated heterocycles. The van der Waals surface area contributed by atoms with Gasteiger partial charge in [0, 0.05) is 5.02 Å². The number of nitriles is 1. The van der Waals surface area contributed by atoms with E-state index in [0.29, 0.717) is 22.9 Å². The van der Waals surface area contributed by atoms with Crippen molar-refractivity contribution in [1.82, 2.24) is 0 Å². The molecule has 28 heavy (non-hydrogen) atoms. The Hall–Kier alpha value is -3.07. The molecule has 0 aliphatic heterocycles. The number of nitrogens with zero attached hydrogens (tertiary/aromatic N) is 1. The minimum Gasteiger partial charge on any atom is -0.489 e. The van der Waals surface area contributed by atoms with Crippen molar-refractivity contribution in [3.8, 4) is 11.8 Å². The van der Waals surface area contributed by atoms with E-state index in [1.54, 1.807) is 30.3 Å². The van der Waals surface area contributed by atoms with Gasteiger partial charge < -0.3 is 4.74 Å². The Kier molecular flexibility index (Phi) is 6.15. The number of hydrogen-bond acceptors (Lipinski definition) is 4. The molecule has 0 heterocycles. The first-order valence-electron chi connectivity index (χ1n) is 8.38. The lowest BCUT2D eigenvalue weighted by Crippen LogP contribution is -2.03. The number of ether oxygens (including phenoxy) is 1. The van der Waals surface area contributed by atoms with Gasteiger partial charge in [-0.05, 0) is 53.6 Å². The van der Waals surface area contributed by atoms with E-state index in [0.717, 1.165) is 5.56 Å². The van der Waals surface area contributed by atoms with Crippen LogP contribution in [0.4, 0.5) is 0 Å². The van der Waals surface area contributed by atoms with Crippen molar-refractivity contribution in [2.75, 3.05) is 0 Å². The van der Waals surface area contributed by atoms with E-state index in [1.165, 1.54) is 30.3 Å². The first-order valence-corrected chi connectivity index (χ1v) is 10.2. The van der Waals surface area contributed by atoms with E-state index < -0.39 is 9.84 Å². The van der Waals surface area contributed by atoms with Gasteiger partial charge in [-0.2, -0.15) is 5.26 Å². The second-order valence-corrected chi connectivity index (χ2v) is 8.28. The van der Waals surface area contributed by atoms with Crippen LogP contribution < -0.4 is 4.74 Å². The van der Waals surface area contributed by atoms with E-state index in [-0.39, 0.29) is 9.80 Å². The molecular formula is C22H16ClNO3S. The number of allylic oxidation sites excluding steroid dienone is 1. The van der Waals surface area contributed by atoms with Crippen molar-refractivity contribution < 1.29 is 13.2 Å². The van der Waals surface area contributed by atoms with Crippen LogP contribution in [0.15, 0.2) is 88.7 Å². The van der Waals surface area contributed by atoms with E-state index in [1.807, 2.05) is 30.3 Å². The van der Waals surface area contributed by atoms with Gasteiger partial charge in [0.2, 0.25) is 9.84 Å². The maximum Gasteiger partial charge on any atom is 0.216 e. The summed E-state index contributed by atoms with van der Waals surface area (Å²) in [5, 5.41) is 9.78. The van der Waals surface area contributed by atoms with Gasteiger partial charge in [0.25, 0.3) is 0 Å². The molecule has 0 radical (unpaired) electrons. The van der Waals surface area contributed by atoms with Crippen molar-refractivity contribution in [2.45, 2.75) is 11.5 Å². The third-order valence-corrected chi connectivity index (χ3v) is 5.88. The molecule has 0 aromatic heterocycles. The summed E-state index contributed by atoms with van der Waals surface area (Å²) >= 11 is 5.80. The number of rotatable bonds is 6. The van der Waals surface area contributed by atoms with Gasteiger partial charge in [-0.25, -0.2) is 8.42 Å². The molecule has 0 amide bonds. The molecule has 0 fully saturated rings. The van der Waals surface area contributed by atoms with Gasteiger partial charge in [0.15, 0.2) is 0 Å². The van der Waals surface area contributed by atoms with Crippen LogP contribution in [0.1, 0.15) is 11.1 Å². The van der Waals surface area contributed by atoms with Gasteiger partial charge in [-0.15, -0.1) is 0 Å². The molecule has 0 aliphatic rings. The second-order valence-electron chi connectivity index (χ2n) is 5.92. The van der Waals surface area contributed by atoms with E-state index in [4.69, 9.17) is 16.3 Å². The normalized spacial score (nSPS) is 11.6. The lowest BCUT2D eigenvalue weighted by molar-refractivity contribution is 0.306. The van der Waals surface area contributed by atoms with Crippen LogP contribution in [-0.4, -0.2) is 8.42 Å². The molecule has 4 nitrogen and oxygen atoms in total. The van der Waals surface area contributed by atoms with Crippen LogP contribution >= 0.6 is 11.6 Å². The topological polar surface area (TPSA) is 67.2 Å². The predicted octanol–water partition coefficient (Wildman–Crippen LogP) is 5.26. The molecule has 3 rings (SSSR count). The van der Waals surface area contributed by atoms with Gasteiger partial charge >= 0.3 is 0 Å². The van der Waals surface area contributed by atoms with Crippen molar-refractivity contribution in [1.29, 1.82) is 5.26 Å². The van der Waals surface area contributed by atoms with Crippen molar-refractivity contribution >= 4 is 27.5 Å². The van der Waals surface area contributed by atoms with Crippen LogP contribution in [-0.2, 0) is 16.4 Å². The van der Waals surface area contributed by atoms with Gasteiger partial charge in [0.05, 0.1) is 4.90 Å². The standard InChI is InChI=1S/C22H16ClNO3S/c23-19-8-12-21(13-9-19)28(25,26)22(15-24)14-17-6-10-20(11-7-17)27-16-18-4-2-1-3-5-18/h1-14H,16H2/b22-14+. The maximum atomic E-state index is 12.6. The SMILES string of the molecule is N#C/C(=C\c1ccc(OCc2ccccc2)cc1)S(=O)(=O)c1ccc(Cl)cc1. The highest BCUT2D eigenvalue weighted by Gasteiger charge is 2.20. The Morgan fingerprint density at radius 3 is 2.21 bits per heavy atom. The molecule has 0 unspecified atom stereocenters. The minimum absolute atomic E-state index is 0.0208. The van der Waals surface area contributed by atoms with Crippen molar-refractivity contribution in [2.24, 2.45) is 0 Å². The summed E-state index contributed by atoms with van der Waals surface area (Å²) in [4.78, 5) is -0.319. The van der Waals surface area contributed by atoms with E-state index in [9.17, 15) is 13.7 Å². The lowest BCUT2D eigenvalue weighted by atomic mass is 10.2. The van der Waals surface area contributed by atoms with Crippen LogP contribution in [0.3, 0.4) is 0 Å². The quantitative estimate of drug-likeness (QED) is 0.521. The number of halogens is 1. The van der Waals surface area contributed by atoms with Gasteiger partial charge in [-0.3, -0.25) is 0 Å². The lowest BCUT2D eigenvalue weighted by Gasteiger charge is -2.07.